The molecule has 1 fully saturated rings. The number of rotatable bonds is 7. The lowest BCUT2D eigenvalue weighted by molar-refractivity contribution is 0.161. The first-order valence-electron chi connectivity index (χ1n) is 6.98. The van der Waals surface area contributed by atoms with E-state index in [4.69, 9.17) is 4.74 Å². The van der Waals surface area contributed by atoms with Crippen LogP contribution >= 0.6 is 0 Å². The lowest BCUT2D eigenvalue weighted by Crippen LogP contribution is -2.29. The van der Waals surface area contributed by atoms with Gasteiger partial charge in [0.25, 0.3) is 0 Å². The summed E-state index contributed by atoms with van der Waals surface area (Å²) < 4.78 is 5.57. The summed E-state index contributed by atoms with van der Waals surface area (Å²) in [6.45, 7) is 2.47. The maximum Gasteiger partial charge on any atom is 0.0651 e. The number of nitrogens with one attached hydrogen (secondary N) is 1. The predicted octanol–water partition coefficient (Wildman–Crippen LogP) is 3.25. The Kier molecular flexibility index (Phi) is 5.97. The molecule has 0 unspecified atom stereocenters. The van der Waals surface area contributed by atoms with Crippen LogP contribution in [0, 0.1) is 0 Å². The molecule has 1 aliphatic rings. The highest BCUT2D eigenvalue weighted by Crippen LogP contribution is 2.17. The van der Waals surface area contributed by atoms with Crippen LogP contribution in [0.1, 0.15) is 31.2 Å². The second-order valence-corrected chi connectivity index (χ2v) is 4.82. The van der Waals surface area contributed by atoms with E-state index in [1.807, 2.05) is 18.2 Å². The Labute approximate surface area is 110 Å². The van der Waals surface area contributed by atoms with Crippen molar-refractivity contribution in [3.8, 4) is 0 Å². The molecule has 1 N–H and O–H groups in total. The lowest BCUT2D eigenvalue weighted by atomic mass is 10.2. The summed E-state index contributed by atoms with van der Waals surface area (Å²) in [6, 6.07) is 11.1. The molecule has 2 nitrogen and oxygen atoms in total. The summed E-state index contributed by atoms with van der Waals surface area (Å²) in [4.78, 5) is 0. The molecule has 2 rings (SSSR count). The van der Waals surface area contributed by atoms with Gasteiger partial charge in [-0.1, -0.05) is 55.3 Å². The first-order valence-corrected chi connectivity index (χ1v) is 6.98. The second-order valence-electron chi connectivity index (χ2n) is 4.82. The number of ether oxygens (including phenoxy) is 1. The molecule has 1 aromatic rings. The summed E-state index contributed by atoms with van der Waals surface area (Å²) in [5, 5.41) is 3.54. The minimum absolute atomic E-state index is 0.696. The molecule has 0 aliphatic heterocycles. The van der Waals surface area contributed by atoms with Crippen molar-refractivity contribution in [2.24, 2.45) is 0 Å². The van der Waals surface area contributed by atoms with Crippen molar-refractivity contribution < 1.29 is 4.74 Å². The van der Waals surface area contributed by atoms with Crippen LogP contribution in [0.2, 0.25) is 0 Å². The van der Waals surface area contributed by atoms with Crippen LogP contribution in [0.4, 0.5) is 0 Å². The van der Waals surface area contributed by atoms with Crippen molar-refractivity contribution in [1.82, 2.24) is 5.32 Å². The molecule has 98 valence electrons. The van der Waals surface area contributed by atoms with E-state index >= 15 is 0 Å². The zero-order chi connectivity index (χ0) is 12.5. The molecule has 0 saturated heterocycles. The Bertz CT molecular complexity index is 341. The topological polar surface area (TPSA) is 21.3 Å². The van der Waals surface area contributed by atoms with Gasteiger partial charge in [-0.2, -0.15) is 0 Å². The van der Waals surface area contributed by atoms with E-state index in [1.165, 1.54) is 31.2 Å². The van der Waals surface area contributed by atoms with Crippen molar-refractivity contribution in [3.63, 3.8) is 0 Å². The van der Waals surface area contributed by atoms with Gasteiger partial charge < -0.3 is 10.1 Å². The normalized spacial score (nSPS) is 16.7. The van der Waals surface area contributed by atoms with Crippen LogP contribution in [-0.4, -0.2) is 25.8 Å². The van der Waals surface area contributed by atoms with E-state index in [2.05, 4.69) is 29.6 Å². The molecule has 18 heavy (non-hydrogen) atoms. The maximum absolute atomic E-state index is 5.57. The monoisotopic (exact) mass is 245 g/mol. The van der Waals surface area contributed by atoms with Crippen molar-refractivity contribution in [3.05, 3.63) is 42.0 Å². The van der Waals surface area contributed by atoms with Crippen LogP contribution < -0.4 is 5.32 Å². The van der Waals surface area contributed by atoms with E-state index in [1.54, 1.807) is 0 Å². The van der Waals surface area contributed by atoms with Crippen LogP contribution in [-0.2, 0) is 4.74 Å². The summed E-state index contributed by atoms with van der Waals surface area (Å²) >= 11 is 0. The van der Waals surface area contributed by atoms with Gasteiger partial charge in [0, 0.05) is 12.6 Å². The largest absolute Gasteiger partial charge is 0.376 e. The van der Waals surface area contributed by atoms with Gasteiger partial charge >= 0.3 is 0 Å². The average molecular weight is 245 g/mol. The number of benzene rings is 1. The van der Waals surface area contributed by atoms with Gasteiger partial charge in [-0.05, 0) is 18.4 Å². The van der Waals surface area contributed by atoms with Gasteiger partial charge in [0.05, 0.1) is 13.2 Å². The van der Waals surface area contributed by atoms with Crippen LogP contribution in [0.25, 0.3) is 6.08 Å². The summed E-state index contributed by atoms with van der Waals surface area (Å²) in [5.41, 5.74) is 1.23. The van der Waals surface area contributed by atoms with E-state index < -0.39 is 0 Å². The minimum atomic E-state index is 0.696. The highest BCUT2D eigenvalue weighted by atomic mass is 16.5. The Morgan fingerprint density at radius 1 is 1.17 bits per heavy atom. The lowest BCUT2D eigenvalue weighted by Gasteiger charge is -2.10. The van der Waals surface area contributed by atoms with Gasteiger partial charge in [-0.3, -0.25) is 0 Å². The third kappa shape index (κ3) is 5.03. The molecular weight excluding hydrogens is 222 g/mol. The van der Waals surface area contributed by atoms with E-state index in [-0.39, 0.29) is 0 Å². The van der Waals surface area contributed by atoms with Gasteiger partial charge in [0.15, 0.2) is 0 Å². The fourth-order valence-corrected chi connectivity index (χ4v) is 2.36. The average Bonchev–Trinajstić information content (AvgIpc) is 2.92. The van der Waals surface area contributed by atoms with Gasteiger partial charge in [0.1, 0.15) is 0 Å². The smallest absolute Gasteiger partial charge is 0.0651 e. The van der Waals surface area contributed by atoms with Crippen molar-refractivity contribution in [2.45, 2.75) is 31.7 Å². The fraction of sp³-hybridized carbons (Fsp3) is 0.500. The molecular formula is C16H23NO. The minimum Gasteiger partial charge on any atom is -0.376 e. The molecule has 0 heterocycles. The van der Waals surface area contributed by atoms with Crippen LogP contribution in [0.3, 0.4) is 0 Å². The zero-order valence-corrected chi connectivity index (χ0v) is 11.0. The predicted molar refractivity (Wildman–Crippen MR) is 76.6 cm³/mol. The molecule has 1 aromatic carbocycles. The molecule has 0 aromatic heterocycles. The second kappa shape index (κ2) is 8.06. The Morgan fingerprint density at radius 2 is 1.94 bits per heavy atom. The molecule has 1 saturated carbocycles. The molecule has 0 radical (unpaired) electrons. The molecule has 2 heteroatoms. The molecule has 1 aliphatic carbocycles. The van der Waals surface area contributed by atoms with E-state index in [0.29, 0.717) is 6.61 Å². The van der Waals surface area contributed by atoms with Crippen molar-refractivity contribution in [1.29, 1.82) is 0 Å². The SMILES string of the molecule is C(=Cc1ccccc1)COCCNC1CCCC1. The Hall–Kier alpha value is -1.12. The van der Waals surface area contributed by atoms with Crippen molar-refractivity contribution in [2.75, 3.05) is 19.8 Å². The van der Waals surface area contributed by atoms with Gasteiger partial charge in [-0.25, -0.2) is 0 Å². The zero-order valence-electron chi connectivity index (χ0n) is 11.0. The van der Waals surface area contributed by atoms with Crippen LogP contribution in [0.15, 0.2) is 36.4 Å². The molecule has 0 bridgehead atoms. The number of hydrogen-bond donors (Lipinski definition) is 1. The molecule has 0 spiro atoms. The number of hydrogen-bond acceptors (Lipinski definition) is 2. The third-order valence-corrected chi connectivity index (χ3v) is 3.36. The van der Waals surface area contributed by atoms with Crippen LogP contribution in [0.5, 0.6) is 0 Å². The first kappa shape index (κ1) is 13.3. The van der Waals surface area contributed by atoms with Crippen molar-refractivity contribution >= 4 is 6.08 Å². The summed E-state index contributed by atoms with van der Waals surface area (Å²) in [7, 11) is 0. The third-order valence-electron chi connectivity index (χ3n) is 3.36. The van der Waals surface area contributed by atoms with E-state index in [9.17, 15) is 0 Å². The Balaban J connectivity index is 1.49. The first-order chi connectivity index (χ1) is 8.95. The summed E-state index contributed by atoms with van der Waals surface area (Å²) in [6.07, 6.45) is 9.63. The fourth-order valence-electron chi connectivity index (χ4n) is 2.36. The molecule has 0 atom stereocenters. The molecule has 0 amide bonds. The highest BCUT2D eigenvalue weighted by molar-refractivity contribution is 5.48. The standard InChI is InChI=1S/C16H23NO/c1-2-7-15(8-3-1)9-6-13-18-14-12-17-16-10-4-5-11-16/h1-3,6-9,16-17H,4-5,10-14H2. The van der Waals surface area contributed by atoms with Gasteiger partial charge in [-0.15, -0.1) is 0 Å². The van der Waals surface area contributed by atoms with Gasteiger partial charge in [0.2, 0.25) is 0 Å². The maximum atomic E-state index is 5.57. The summed E-state index contributed by atoms with van der Waals surface area (Å²) in [5.74, 6) is 0. The Morgan fingerprint density at radius 3 is 2.72 bits per heavy atom. The highest BCUT2D eigenvalue weighted by Gasteiger charge is 2.12. The quantitative estimate of drug-likeness (QED) is 0.745. The van der Waals surface area contributed by atoms with E-state index in [0.717, 1.165) is 19.2 Å².